The van der Waals surface area contributed by atoms with Crippen molar-refractivity contribution in [3.8, 4) is 11.7 Å². The maximum Gasteiger partial charge on any atom is 0.437 e. The SMILES string of the molecule is CN(C(=O)Oc1cnn(-c2ncccn2)c1C(F)(F)F)c1cccnc1. The Bertz CT molecular complexity index is 899. The standard InChI is InChI=1S/C15H11F3N6O2/c1-23(10-4-2-5-19-8-10)14(25)26-11-9-22-24(12(11)15(16,17)18)13-20-6-3-7-21-13/h2-9H,1H3. The van der Waals surface area contributed by atoms with Gasteiger partial charge in [-0.3, -0.25) is 9.88 Å². The molecule has 3 heterocycles. The number of halogens is 3. The number of nitrogens with zero attached hydrogens (tertiary/aromatic N) is 6. The van der Waals surface area contributed by atoms with Crippen LogP contribution >= 0.6 is 0 Å². The van der Waals surface area contributed by atoms with E-state index < -0.39 is 23.7 Å². The second-order valence-corrected chi connectivity index (χ2v) is 4.95. The van der Waals surface area contributed by atoms with Crippen molar-refractivity contribution in [1.29, 1.82) is 0 Å². The lowest BCUT2D eigenvalue weighted by Gasteiger charge is -2.17. The van der Waals surface area contributed by atoms with Crippen molar-refractivity contribution >= 4 is 11.8 Å². The molecule has 0 aliphatic carbocycles. The lowest BCUT2D eigenvalue weighted by molar-refractivity contribution is -0.143. The molecule has 3 aromatic rings. The number of aromatic nitrogens is 5. The van der Waals surface area contributed by atoms with E-state index in [1.165, 1.54) is 37.9 Å². The molecule has 0 bridgehead atoms. The summed E-state index contributed by atoms with van der Waals surface area (Å²) in [6.07, 6.45) is 0.309. The Labute approximate surface area is 144 Å². The zero-order valence-corrected chi connectivity index (χ0v) is 13.3. The predicted octanol–water partition coefficient (Wildman–Crippen LogP) is 2.71. The molecule has 0 radical (unpaired) electrons. The van der Waals surface area contributed by atoms with E-state index in [0.717, 1.165) is 11.1 Å². The number of pyridine rings is 1. The van der Waals surface area contributed by atoms with Gasteiger partial charge in [0, 0.05) is 25.6 Å². The van der Waals surface area contributed by atoms with Crippen LogP contribution in [0, 0.1) is 0 Å². The number of hydrogen-bond acceptors (Lipinski definition) is 6. The van der Waals surface area contributed by atoms with E-state index in [1.807, 2.05) is 0 Å². The maximum atomic E-state index is 13.5. The van der Waals surface area contributed by atoms with Crippen molar-refractivity contribution < 1.29 is 22.7 Å². The quantitative estimate of drug-likeness (QED) is 0.710. The van der Waals surface area contributed by atoms with Crippen LogP contribution in [-0.4, -0.2) is 37.9 Å². The first kappa shape index (κ1) is 17.3. The van der Waals surface area contributed by atoms with Gasteiger partial charge >= 0.3 is 12.3 Å². The van der Waals surface area contributed by atoms with Gasteiger partial charge in [0.2, 0.25) is 0 Å². The molecule has 11 heteroatoms. The van der Waals surface area contributed by atoms with Crippen LogP contribution in [0.15, 0.2) is 49.2 Å². The topological polar surface area (TPSA) is 86.0 Å². The van der Waals surface area contributed by atoms with Crippen molar-refractivity contribution in [2.45, 2.75) is 6.18 Å². The van der Waals surface area contributed by atoms with Gasteiger partial charge in [0.1, 0.15) is 0 Å². The van der Waals surface area contributed by atoms with Crippen molar-refractivity contribution in [2.75, 3.05) is 11.9 Å². The molecule has 1 amide bonds. The normalized spacial score (nSPS) is 11.2. The Morgan fingerprint density at radius 2 is 1.88 bits per heavy atom. The van der Waals surface area contributed by atoms with Gasteiger partial charge in [-0.2, -0.15) is 23.0 Å². The highest BCUT2D eigenvalue weighted by Crippen LogP contribution is 2.37. The average molecular weight is 364 g/mol. The van der Waals surface area contributed by atoms with Crippen molar-refractivity contribution in [3.05, 3.63) is 54.9 Å². The molecule has 0 aromatic carbocycles. The van der Waals surface area contributed by atoms with E-state index in [2.05, 4.69) is 20.1 Å². The number of carbonyl (C=O) groups is 1. The second kappa shape index (κ2) is 6.78. The van der Waals surface area contributed by atoms with Gasteiger partial charge in [-0.1, -0.05) is 0 Å². The highest BCUT2D eigenvalue weighted by atomic mass is 19.4. The molecule has 26 heavy (non-hydrogen) atoms. The van der Waals surface area contributed by atoms with Gasteiger partial charge in [-0.15, -0.1) is 0 Å². The summed E-state index contributed by atoms with van der Waals surface area (Å²) in [5.74, 6) is -1.06. The van der Waals surface area contributed by atoms with Gasteiger partial charge in [-0.05, 0) is 18.2 Å². The van der Waals surface area contributed by atoms with Gasteiger partial charge < -0.3 is 4.74 Å². The molecule has 3 aromatic heterocycles. The minimum atomic E-state index is -4.85. The van der Waals surface area contributed by atoms with E-state index in [-0.39, 0.29) is 5.95 Å². The molecule has 3 rings (SSSR count). The van der Waals surface area contributed by atoms with Gasteiger partial charge in [0.25, 0.3) is 5.95 Å². The molecule has 0 saturated carbocycles. The number of carbonyl (C=O) groups excluding carboxylic acids is 1. The van der Waals surface area contributed by atoms with E-state index in [0.29, 0.717) is 10.4 Å². The van der Waals surface area contributed by atoms with Crippen LogP contribution in [0.5, 0.6) is 5.75 Å². The summed E-state index contributed by atoms with van der Waals surface area (Å²) in [4.78, 5) is 24.5. The third kappa shape index (κ3) is 3.45. The first-order valence-corrected chi connectivity index (χ1v) is 7.16. The minimum absolute atomic E-state index is 0.303. The van der Waals surface area contributed by atoms with Crippen LogP contribution in [0.3, 0.4) is 0 Å². The summed E-state index contributed by atoms with van der Waals surface area (Å²) in [6, 6.07) is 4.58. The smallest absolute Gasteiger partial charge is 0.406 e. The molecular formula is C15H11F3N6O2. The molecule has 0 aliphatic heterocycles. The summed E-state index contributed by atoms with van der Waals surface area (Å²) >= 11 is 0. The Hall–Kier alpha value is -3.50. The zero-order valence-electron chi connectivity index (χ0n) is 13.3. The van der Waals surface area contributed by atoms with Crippen LogP contribution in [0.2, 0.25) is 0 Å². The fourth-order valence-corrected chi connectivity index (χ4v) is 2.04. The zero-order chi connectivity index (χ0) is 18.7. The first-order valence-electron chi connectivity index (χ1n) is 7.16. The first-order chi connectivity index (χ1) is 12.4. The monoisotopic (exact) mass is 364 g/mol. The van der Waals surface area contributed by atoms with Gasteiger partial charge in [0.15, 0.2) is 11.4 Å². The minimum Gasteiger partial charge on any atom is -0.406 e. The van der Waals surface area contributed by atoms with Crippen LogP contribution in [-0.2, 0) is 6.18 Å². The Kier molecular flexibility index (Phi) is 4.52. The molecule has 0 spiro atoms. The Morgan fingerprint density at radius 1 is 1.15 bits per heavy atom. The van der Waals surface area contributed by atoms with E-state index in [4.69, 9.17) is 4.74 Å². The maximum absolute atomic E-state index is 13.5. The Balaban J connectivity index is 1.93. The highest BCUT2D eigenvalue weighted by Gasteiger charge is 2.41. The van der Waals surface area contributed by atoms with Crippen molar-refractivity contribution in [3.63, 3.8) is 0 Å². The molecule has 134 valence electrons. The van der Waals surface area contributed by atoms with Crippen LogP contribution in [0.4, 0.5) is 23.7 Å². The lowest BCUT2D eigenvalue weighted by Crippen LogP contribution is -2.30. The summed E-state index contributed by atoms with van der Waals surface area (Å²) in [5, 5.41) is 3.60. The number of hydrogen-bond donors (Lipinski definition) is 0. The number of anilines is 1. The van der Waals surface area contributed by atoms with Gasteiger partial charge in [-0.25, -0.2) is 14.8 Å². The van der Waals surface area contributed by atoms with E-state index >= 15 is 0 Å². The molecule has 0 saturated heterocycles. The number of alkyl halides is 3. The fourth-order valence-electron chi connectivity index (χ4n) is 2.04. The summed E-state index contributed by atoms with van der Waals surface area (Å²) < 4.78 is 45.8. The summed E-state index contributed by atoms with van der Waals surface area (Å²) in [7, 11) is 1.34. The second-order valence-electron chi connectivity index (χ2n) is 4.95. The van der Waals surface area contributed by atoms with Crippen molar-refractivity contribution in [1.82, 2.24) is 24.7 Å². The molecule has 0 N–H and O–H groups in total. The molecule has 0 unspecified atom stereocenters. The summed E-state index contributed by atoms with van der Waals surface area (Å²) in [5.41, 5.74) is -0.943. The van der Waals surface area contributed by atoms with Gasteiger partial charge in [0.05, 0.1) is 18.1 Å². The predicted molar refractivity (Wildman–Crippen MR) is 82.8 cm³/mol. The van der Waals surface area contributed by atoms with Crippen LogP contribution < -0.4 is 9.64 Å². The number of rotatable bonds is 3. The third-order valence-corrected chi connectivity index (χ3v) is 3.25. The fraction of sp³-hybridized carbons (Fsp3) is 0.133. The molecule has 0 aliphatic rings. The van der Waals surface area contributed by atoms with Crippen molar-refractivity contribution in [2.24, 2.45) is 0 Å². The average Bonchev–Trinajstić information content (AvgIpc) is 3.06. The van der Waals surface area contributed by atoms with E-state index in [1.54, 1.807) is 12.1 Å². The number of amides is 1. The molecular weight excluding hydrogens is 353 g/mol. The van der Waals surface area contributed by atoms with Crippen LogP contribution in [0.25, 0.3) is 5.95 Å². The highest BCUT2D eigenvalue weighted by molar-refractivity contribution is 5.88. The lowest BCUT2D eigenvalue weighted by atomic mass is 10.4. The third-order valence-electron chi connectivity index (χ3n) is 3.25. The van der Waals surface area contributed by atoms with Crippen LogP contribution in [0.1, 0.15) is 5.69 Å². The van der Waals surface area contributed by atoms with E-state index in [9.17, 15) is 18.0 Å². The number of ether oxygens (including phenoxy) is 1. The molecule has 8 nitrogen and oxygen atoms in total. The molecule has 0 fully saturated rings. The summed E-state index contributed by atoms with van der Waals surface area (Å²) in [6.45, 7) is 0. The Morgan fingerprint density at radius 3 is 2.50 bits per heavy atom. The largest absolute Gasteiger partial charge is 0.437 e. The molecule has 0 atom stereocenters.